The average Bonchev–Trinajstić information content (AvgIpc) is 2.74. The summed E-state index contributed by atoms with van der Waals surface area (Å²) in [6.45, 7) is 5.81. The van der Waals surface area contributed by atoms with Crippen LogP contribution in [0.5, 0.6) is 0 Å². The van der Waals surface area contributed by atoms with Crippen molar-refractivity contribution in [2.24, 2.45) is 0 Å². The number of nitrogens with one attached hydrogen (secondary N) is 2. The third-order valence-electron chi connectivity index (χ3n) is 3.04. The van der Waals surface area contributed by atoms with Crippen molar-refractivity contribution in [2.45, 2.75) is 26.3 Å². The molecule has 4 N–H and O–H groups in total. The summed E-state index contributed by atoms with van der Waals surface area (Å²) in [4.78, 5) is 16.7. The fourth-order valence-electron chi connectivity index (χ4n) is 1.52. The first-order chi connectivity index (χ1) is 8.04. The minimum atomic E-state index is -0.112. The molecule has 0 saturated heterocycles. The van der Waals surface area contributed by atoms with E-state index >= 15 is 0 Å². The fourth-order valence-corrected chi connectivity index (χ4v) is 1.52. The van der Waals surface area contributed by atoms with Crippen molar-refractivity contribution in [3.05, 3.63) is 18.0 Å². The highest BCUT2D eigenvalue weighted by molar-refractivity contribution is 5.93. The van der Waals surface area contributed by atoms with Crippen molar-refractivity contribution < 1.29 is 4.79 Å². The first-order valence-electron chi connectivity index (χ1n) is 5.97. The Balaban J connectivity index is 2.30. The maximum atomic E-state index is 11.7. The number of aromatic amines is 1. The second kappa shape index (κ2) is 6.30. The van der Waals surface area contributed by atoms with E-state index in [9.17, 15) is 4.79 Å². The van der Waals surface area contributed by atoms with E-state index in [0.29, 0.717) is 24.0 Å². The molecule has 0 aliphatic rings. The molecule has 5 heteroatoms. The highest BCUT2D eigenvalue weighted by atomic mass is 16.1. The Bertz CT molecular complexity index is 361. The van der Waals surface area contributed by atoms with Gasteiger partial charge in [-0.3, -0.25) is 4.79 Å². The highest BCUT2D eigenvalue weighted by Gasteiger charge is 2.09. The van der Waals surface area contributed by atoms with Gasteiger partial charge in [0.1, 0.15) is 5.69 Å². The molecule has 0 aliphatic carbocycles. The van der Waals surface area contributed by atoms with Crippen molar-refractivity contribution in [1.29, 1.82) is 0 Å². The van der Waals surface area contributed by atoms with Gasteiger partial charge in [-0.2, -0.15) is 0 Å². The first kappa shape index (κ1) is 13.6. The van der Waals surface area contributed by atoms with Crippen LogP contribution in [-0.4, -0.2) is 42.0 Å². The van der Waals surface area contributed by atoms with Crippen LogP contribution in [0.25, 0.3) is 0 Å². The Kier molecular flexibility index (Phi) is 5.03. The van der Waals surface area contributed by atoms with Crippen LogP contribution in [0.3, 0.4) is 0 Å². The molecule has 1 unspecified atom stereocenters. The lowest BCUT2D eigenvalue weighted by Crippen LogP contribution is -2.37. The van der Waals surface area contributed by atoms with Crippen LogP contribution in [0.1, 0.15) is 30.8 Å². The third-order valence-corrected chi connectivity index (χ3v) is 3.04. The number of H-pyrrole nitrogens is 1. The van der Waals surface area contributed by atoms with E-state index in [-0.39, 0.29) is 5.91 Å². The van der Waals surface area contributed by atoms with Crippen LogP contribution in [0.2, 0.25) is 0 Å². The predicted molar refractivity (Wildman–Crippen MR) is 69.9 cm³/mol. The van der Waals surface area contributed by atoms with Gasteiger partial charge in [-0.1, -0.05) is 6.92 Å². The first-order valence-corrected chi connectivity index (χ1v) is 5.97. The van der Waals surface area contributed by atoms with Gasteiger partial charge in [0.05, 0.1) is 0 Å². The van der Waals surface area contributed by atoms with E-state index in [1.165, 1.54) is 0 Å². The van der Waals surface area contributed by atoms with Crippen molar-refractivity contribution in [3.63, 3.8) is 0 Å². The van der Waals surface area contributed by atoms with E-state index in [1.807, 2.05) is 0 Å². The van der Waals surface area contributed by atoms with Crippen LogP contribution >= 0.6 is 0 Å². The van der Waals surface area contributed by atoms with Crippen LogP contribution in [-0.2, 0) is 0 Å². The topological polar surface area (TPSA) is 74.2 Å². The predicted octanol–water partition coefficient (Wildman–Crippen LogP) is 1.06. The smallest absolute Gasteiger partial charge is 0.267 e. The Hall–Kier alpha value is -1.49. The zero-order chi connectivity index (χ0) is 12.8. The van der Waals surface area contributed by atoms with Gasteiger partial charge < -0.3 is 20.9 Å². The Labute approximate surface area is 102 Å². The Morgan fingerprint density at radius 3 is 2.88 bits per heavy atom. The normalized spacial score (nSPS) is 12.7. The minimum Gasteiger partial charge on any atom is -0.397 e. The van der Waals surface area contributed by atoms with Crippen LogP contribution in [0, 0.1) is 0 Å². The van der Waals surface area contributed by atoms with Gasteiger partial charge in [0.25, 0.3) is 5.91 Å². The molecule has 0 spiro atoms. The zero-order valence-corrected chi connectivity index (χ0v) is 10.8. The summed E-state index contributed by atoms with van der Waals surface area (Å²) in [5.74, 6) is -0.112. The molecule has 0 fully saturated rings. The minimum absolute atomic E-state index is 0.112. The lowest BCUT2D eigenvalue weighted by atomic mass is 10.2. The molecule has 17 heavy (non-hydrogen) atoms. The number of nitrogens with zero attached hydrogens (tertiary/aromatic N) is 1. The summed E-state index contributed by atoms with van der Waals surface area (Å²) in [5, 5.41) is 2.85. The van der Waals surface area contributed by atoms with Gasteiger partial charge in [-0.25, -0.2) is 0 Å². The molecular weight excluding hydrogens is 216 g/mol. The number of carbonyl (C=O) groups is 1. The molecule has 1 aromatic heterocycles. The summed E-state index contributed by atoms with van der Waals surface area (Å²) in [6.07, 6.45) is 2.72. The van der Waals surface area contributed by atoms with E-state index in [0.717, 1.165) is 13.0 Å². The molecule has 0 aliphatic heterocycles. The summed E-state index contributed by atoms with van der Waals surface area (Å²) in [6, 6.07) is 2.17. The van der Waals surface area contributed by atoms with Crippen molar-refractivity contribution in [3.8, 4) is 0 Å². The van der Waals surface area contributed by atoms with Crippen molar-refractivity contribution >= 4 is 11.6 Å². The highest BCUT2D eigenvalue weighted by Crippen LogP contribution is 2.04. The molecule has 0 saturated carbocycles. The van der Waals surface area contributed by atoms with Crippen molar-refractivity contribution in [2.75, 3.05) is 25.9 Å². The fraction of sp³-hybridized carbons (Fsp3) is 0.583. The summed E-state index contributed by atoms with van der Waals surface area (Å²) in [7, 11) is 2.06. The van der Waals surface area contributed by atoms with E-state index < -0.39 is 0 Å². The van der Waals surface area contributed by atoms with Crippen LogP contribution in [0.15, 0.2) is 12.3 Å². The van der Waals surface area contributed by atoms with E-state index in [4.69, 9.17) is 5.73 Å². The van der Waals surface area contributed by atoms with Crippen molar-refractivity contribution in [1.82, 2.24) is 15.2 Å². The lowest BCUT2D eigenvalue weighted by Gasteiger charge is -2.23. The number of hydrogen-bond donors (Lipinski definition) is 3. The molecule has 5 nitrogen and oxygen atoms in total. The molecular formula is C12H22N4O. The quantitative estimate of drug-likeness (QED) is 0.693. The second-order valence-corrected chi connectivity index (χ2v) is 4.34. The average molecular weight is 238 g/mol. The van der Waals surface area contributed by atoms with Gasteiger partial charge >= 0.3 is 0 Å². The molecule has 1 aromatic rings. The zero-order valence-electron chi connectivity index (χ0n) is 10.8. The number of nitrogens with two attached hydrogens (primary N) is 1. The summed E-state index contributed by atoms with van der Waals surface area (Å²) < 4.78 is 0. The van der Waals surface area contributed by atoms with E-state index in [1.54, 1.807) is 12.3 Å². The number of anilines is 1. The summed E-state index contributed by atoms with van der Waals surface area (Å²) in [5.41, 5.74) is 6.62. The molecule has 1 atom stereocenters. The monoisotopic (exact) mass is 238 g/mol. The number of nitrogen functional groups attached to an aromatic ring is 1. The molecule has 96 valence electrons. The molecule has 0 bridgehead atoms. The number of carbonyl (C=O) groups excluding carboxylic acids is 1. The second-order valence-electron chi connectivity index (χ2n) is 4.34. The Morgan fingerprint density at radius 2 is 2.35 bits per heavy atom. The van der Waals surface area contributed by atoms with Crippen LogP contribution in [0.4, 0.5) is 5.69 Å². The van der Waals surface area contributed by atoms with Gasteiger partial charge in [0.2, 0.25) is 0 Å². The molecule has 1 heterocycles. The van der Waals surface area contributed by atoms with Gasteiger partial charge in [0.15, 0.2) is 0 Å². The molecule has 0 aromatic carbocycles. The number of likely N-dealkylation sites (N-methyl/N-ethyl adjacent to an activating group) is 1. The number of amides is 1. The standard InChI is InChI=1S/C12H22N4O/c1-4-9(2)16(3)6-5-14-12(17)11-7-10(13)8-15-11/h7-9,15H,4-6,13H2,1-3H3,(H,14,17). The van der Waals surface area contributed by atoms with Gasteiger partial charge in [-0.05, 0) is 26.5 Å². The molecule has 1 rings (SSSR count). The van der Waals surface area contributed by atoms with E-state index in [2.05, 4.69) is 36.1 Å². The SMILES string of the molecule is CCC(C)N(C)CCNC(=O)c1cc(N)c[nH]1. The lowest BCUT2D eigenvalue weighted by molar-refractivity contribution is 0.0943. The van der Waals surface area contributed by atoms with Crippen LogP contribution < -0.4 is 11.1 Å². The number of hydrogen-bond acceptors (Lipinski definition) is 3. The number of aromatic nitrogens is 1. The summed E-state index contributed by atoms with van der Waals surface area (Å²) >= 11 is 0. The molecule has 1 amide bonds. The largest absolute Gasteiger partial charge is 0.397 e. The van der Waals surface area contributed by atoms with Gasteiger partial charge in [0, 0.05) is 31.0 Å². The third kappa shape index (κ3) is 4.11. The number of rotatable bonds is 6. The Morgan fingerprint density at radius 1 is 1.65 bits per heavy atom. The maximum Gasteiger partial charge on any atom is 0.267 e. The maximum absolute atomic E-state index is 11.7. The van der Waals surface area contributed by atoms with Gasteiger partial charge in [-0.15, -0.1) is 0 Å². The molecule has 0 radical (unpaired) electrons.